The first kappa shape index (κ1) is 13.3. The molecule has 0 heterocycles. The number of ketones is 1. The Morgan fingerprint density at radius 2 is 1.68 bits per heavy atom. The van der Waals surface area contributed by atoms with E-state index in [0.717, 1.165) is 5.56 Å². The van der Waals surface area contributed by atoms with Crippen molar-refractivity contribution in [3.8, 4) is 11.5 Å². The van der Waals surface area contributed by atoms with Crippen molar-refractivity contribution in [2.45, 2.75) is 13.3 Å². The molecule has 0 saturated heterocycles. The van der Waals surface area contributed by atoms with Crippen LogP contribution in [0.25, 0.3) is 0 Å². The van der Waals surface area contributed by atoms with Gasteiger partial charge in [-0.2, -0.15) is 0 Å². The summed E-state index contributed by atoms with van der Waals surface area (Å²) in [6.07, 6.45) is 0.526. The van der Waals surface area contributed by atoms with Crippen LogP contribution in [0.3, 0.4) is 0 Å². The largest absolute Gasteiger partial charge is 0.456 e. The molecule has 0 aliphatic rings. The van der Waals surface area contributed by atoms with Crippen LogP contribution in [-0.4, -0.2) is 17.5 Å². The maximum absolute atomic E-state index is 11.5. The fraction of sp³-hybridized carbons (Fsp3) is 0.188. The second-order valence-corrected chi connectivity index (χ2v) is 4.24. The van der Waals surface area contributed by atoms with Gasteiger partial charge in [-0.3, -0.25) is 4.79 Å². The lowest BCUT2D eigenvalue weighted by Crippen LogP contribution is -1.99. The zero-order valence-corrected chi connectivity index (χ0v) is 10.8. The number of carbonyl (C=O) groups excluding carboxylic acids is 1. The highest BCUT2D eigenvalue weighted by atomic mass is 16.5. The molecule has 2 rings (SSSR count). The fourth-order valence-electron chi connectivity index (χ4n) is 1.90. The van der Waals surface area contributed by atoms with Crippen molar-refractivity contribution in [2.75, 3.05) is 6.61 Å². The monoisotopic (exact) mass is 256 g/mol. The molecule has 1 N–H and O–H groups in total. The Morgan fingerprint density at radius 1 is 1.05 bits per heavy atom. The van der Waals surface area contributed by atoms with Crippen LogP contribution < -0.4 is 4.74 Å². The lowest BCUT2D eigenvalue weighted by atomic mass is 10.1. The average Bonchev–Trinajstić information content (AvgIpc) is 2.42. The van der Waals surface area contributed by atoms with Gasteiger partial charge in [-0.1, -0.05) is 30.3 Å². The van der Waals surface area contributed by atoms with E-state index in [2.05, 4.69) is 0 Å². The minimum Gasteiger partial charge on any atom is -0.456 e. The van der Waals surface area contributed by atoms with E-state index in [1.54, 1.807) is 12.1 Å². The highest BCUT2D eigenvalue weighted by Crippen LogP contribution is 2.28. The molecule has 19 heavy (non-hydrogen) atoms. The zero-order chi connectivity index (χ0) is 13.7. The van der Waals surface area contributed by atoms with E-state index in [0.29, 0.717) is 23.5 Å². The van der Waals surface area contributed by atoms with Crippen molar-refractivity contribution in [1.82, 2.24) is 0 Å². The molecule has 3 nitrogen and oxygen atoms in total. The summed E-state index contributed by atoms with van der Waals surface area (Å²) in [5.41, 5.74) is 1.48. The van der Waals surface area contributed by atoms with Gasteiger partial charge in [-0.25, -0.2) is 0 Å². The number of hydrogen-bond acceptors (Lipinski definition) is 3. The topological polar surface area (TPSA) is 46.5 Å². The third-order valence-corrected chi connectivity index (χ3v) is 2.84. The molecule has 0 atom stereocenters. The van der Waals surface area contributed by atoms with Crippen molar-refractivity contribution in [3.05, 3.63) is 59.7 Å². The second kappa shape index (κ2) is 6.16. The molecule has 0 fully saturated rings. The summed E-state index contributed by atoms with van der Waals surface area (Å²) in [6.45, 7) is 1.58. The Bertz CT molecular complexity index is 576. The SMILES string of the molecule is CC(=O)c1ccccc1Oc1ccccc1CCO. The lowest BCUT2D eigenvalue weighted by Gasteiger charge is -2.12. The summed E-state index contributed by atoms with van der Waals surface area (Å²) in [6, 6.07) is 14.7. The molecule has 0 amide bonds. The van der Waals surface area contributed by atoms with Gasteiger partial charge in [0.15, 0.2) is 5.78 Å². The van der Waals surface area contributed by atoms with Gasteiger partial charge < -0.3 is 9.84 Å². The number of ether oxygens (including phenoxy) is 1. The molecule has 0 aromatic heterocycles. The van der Waals surface area contributed by atoms with Crippen molar-refractivity contribution >= 4 is 5.78 Å². The third kappa shape index (κ3) is 3.20. The van der Waals surface area contributed by atoms with E-state index >= 15 is 0 Å². The predicted molar refractivity (Wildman–Crippen MR) is 73.8 cm³/mol. The molecule has 0 radical (unpaired) electrons. The van der Waals surface area contributed by atoms with Crippen LogP contribution in [0, 0.1) is 0 Å². The Balaban J connectivity index is 2.34. The van der Waals surface area contributed by atoms with Gasteiger partial charge in [0.25, 0.3) is 0 Å². The van der Waals surface area contributed by atoms with Crippen molar-refractivity contribution in [3.63, 3.8) is 0 Å². The van der Waals surface area contributed by atoms with E-state index in [-0.39, 0.29) is 12.4 Å². The average molecular weight is 256 g/mol. The Labute approximate surface area is 112 Å². The van der Waals surface area contributed by atoms with Crippen LogP contribution in [0.5, 0.6) is 11.5 Å². The maximum Gasteiger partial charge on any atom is 0.163 e. The summed E-state index contributed by atoms with van der Waals surface area (Å²) >= 11 is 0. The molecule has 3 heteroatoms. The number of benzene rings is 2. The normalized spacial score (nSPS) is 10.2. The predicted octanol–water partition coefficient (Wildman–Crippen LogP) is 3.22. The van der Waals surface area contributed by atoms with Gasteiger partial charge in [0.1, 0.15) is 11.5 Å². The summed E-state index contributed by atoms with van der Waals surface area (Å²) in [5, 5.41) is 9.04. The van der Waals surface area contributed by atoms with Crippen LogP contribution in [0.4, 0.5) is 0 Å². The van der Waals surface area contributed by atoms with Crippen LogP contribution in [0.2, 0.25) is 0 Å². The molecule has 0 unspecified atom stereocenters. The number of hydrogen-bond donors (Lipinski definition) is 1. The first-order chi connectivity index (χ1) is 9.22. The number of rotatable bonds is 5. The van der Waals surface area contributed by atoms with E-state index in [1.165, 1.54) is 6.92 Å². The Hall–Kier alpha value is -2.13. The van der Waals surface area contributed by atoms with E-state index in [4.69, 9.17) is 9.84 Å². The molecule has 0 aliphatic heterocycles. The van der Waals surface area contributed by atoms with Gasteiger partial charge in [-0.05, 0) is 37.1 Å². The van der Waals surface area contributed by atoms with E-state index in [1.807, 2.05) is 36.4 Å². The van der Waals surface area contributed by atoms with Crippen LogP contribution >= 0.6 is 0 Å². The van der Waals surface area contributed by atoms with Crippen LogP contribution in [0.1, 0.15) is 22.8 Å². The zero-order valence-electron chi connectivity index (χ0n) is 10.8. The maximum atomic E-state index is 11.5. The standard InChI is InChI=1S/C16H16O3/c1-12(18)14-7-3-5-9-16(14)19-15-8-4-2-6-13(15)10-11-17/h2-9,17H,10-11H2,1H3. The molecule has 98 valence electrons. The Morgan fingerprint density at radius 3 is 2.37 bits per heavy atom. The third-order valence-electron chi connectivity index (χ3n) is 2.84. The molecule has 0 aliphatic carbocycles. The minimum absolute atomic E-state index is 0.0322. The highest BCUT2D eigenvalue weighted by molar-refractivity contribution is 5.96. The van der Waals surface area contributed by atoms with E-state index < -0.39 is 0 Å². The highest BCUT2D eigenvalue weighted by Gasteiger charge is 2.10. The first-order valence-electron chi connectivity index (χ1n) is 6.19. The van der Waals surface area contributed by atoms with Crippen LogP contribution in [-0.2, 0) is 6.42 Å². The molecular weight excluding hydrogens is 240 g/mol. The first-order valence-corrected chi connectivity index (χ1v) is 6.19. The lowest BCUT2D eigenvalue weighted by molar-refractivity contribution is 0.101. The molecule has 2 aromatic rings. The summed E-state index contributed by atoms with van der Waals surface area (Å²) in [4.78, 5) is 11.5. The van der Waals surface area contributed by atoms with Gasteiger partial charge in [0.05, 0.1) is 5.56 Å². The summed E-state index contributed by atoms with van der Waals surface area (Å²) in [5.74, 6) is 1.18. The number of aliphatic hydroxyl groups is 1. The molecule has 2 aromatic carbocycles. The quantitative estimate of drug-likeness (QED) is 0.835. The second-order valence-electron chi connectivity index (χ2n) is 4.24. The van der Waals surface area contributed by atoms with Crippen LogP contribution in [0.15, 0.2) is 48.5 Å². The summed E-state index contributed by atoms with van der Waals surface area (Å²) < 4.78 is 5.82. The van der Waals surface area contributed by atoms with Gasteiger partial charge in [0, 0.05) is 6.61 Å². The molecule has 0 spiro atoms. The fourth-order valence-corrected chi connectivity index (χ4v) is 1.90. The number of para-hydroxylation sites is 2. The van der Waals surface area contributed by atoms with E-state index in [9.17, 15) is 4.79 Å². The van der Waals surface area contributed by atoms with Crippen molar-refractivity contribution in [2.24, 2.45) is 0 Å². The van der Waals surface area contributed by atoms with Crippen molar-refractivity contribution in [1.29, 1.82) is 0 Å². The molecular formula is C16H16O3. The molecule has 0 bridgehead atoms. The molecule has 0 saturated carbocycles. The van der Waals surface area contributed by atoms with Gasteiger partial charge in [0.2, 0.25) is 0 Å². The smallest absolute Gasteiger partial charge is 0.163 e. The summed E-state index contributed by atoms with van der Waals surface area (Å²) in [7, 11) is 0. The number of aliphatic hydroxyl groups excluding tert-OH is 1. The Kier molecular flexibility index (Phi) is 4.31. The van der Waals surface area contributed by atoms with Gasteiger partial charge >= 0.3 is 0 Å². The van der Waals surface area contributed by atoms with Gasteiger partial charge in [-0.15, -0.1) is 0 Å². The number of carbonyl (C=O) groups is 1. The minimum atomic E-state index is -0.0322. The number of Topliss-reactive ketones (excluding diaryl/α,β-unsaturated/α-hetero) is 1. The van der Waals surface area contributed by atoms with Crippen molar-refractivity contribution < 1.29 is 14.6 Å².